The van der Waals surface area contributed by atoms with Gasteiger partial charge in [0.2, 0.25) is 0 Å². The van der Waals surface area contributed by atoms with Gasteiger partial charge >= 0.3 is 0 Å². The van der Waals surface area contributed by atoms with E-state index in [9.17, 15) is 0 Å². The maximum atomic E-state index is 4.89. The molecule has 0 radical (unpaired) electrons. The van der Waals surface area contributed by atoms with Crippen molar-refractivity contribution in [1.29, 1.82) is 0 Å². The molecule has 1 N–H and O–H groups in total. The van der Waals surface area contributed by atoms with Crippen LogP contribution in [0.1, 0.15) is 37.0 Å². The van der Waals surface area contributed by atoms with Crippen LogP contribution in [0.15, 0.2) is 41.4 Å². The van der Waals surface area contributed by atoms with Gasteiger partial charge in [0, 0.05) is 52.2 Å². The van der Waals surface area contributed by atoms with Gasteiger partial charge in [-0.15, -0.1) is 10.2 Å². The van der Waals surface area contributed by atoms with Crippen molar-refractivity contribution >= 4 is 12.0 Å². The predicted octanol–water partition coefficient (Wildman–Crippen LogP) is 2.41. The summed E-state index contributed by atoms with van der Waals surface area (Å²) in [6, 6.07) is 10.5. The van der Waals surface area contributed by atoms with E-state index in [2.05, 4.69) is 79.3 Å². The quantitative estimate of drug-likeness (QED) is 0.589. The molecule has 3 heterocycles. The van der Waals surface area contributed by atoms with Crippen LogP contribution >= 0.6 is 0 Å². The summed E-state index contributed by atoms with van der Waals surface area (Å²) >= 11 is 0. The zero-order valence-corrected chi connectivity index (χ0v) is 18.0. The Morgan fingerprint density at radius 3 is 2.70 bits per heavy atom. The maximum Gasteiger partial charge on any atom is 0.194 e. The molecule has 7 heteroatoms. The van der Waals surface area contributed by atoms with Crippen LogP contribution < -0.4 is 5.32 Å². The minimum atomic E-state index is 0.593. The molecule has 0 bridgehead atoms. The number of piperazine rings is 1. The minimum absolute atomic E-state index is 0.593. The zero-order chi connectivity index (χ0) is 20.6. The molecular formula is C23H33N7. The van der Waals surface area contributed by atoms with E-state index >= 15 is 0 Å². The second kappa shape index (κ2) is 10.4. The van der Waals surface area contributed by atoms with E-state index in [-0.39, 0.29) is 0 Å². The molecule has 2 aliphatic heterocycles. The molecular weight excluding hydrogens is 374 g/mol. The third kappa shape index (κ3) is 5.27. The number of benzene rings is 1. The van der Waals surface area contributed by atoms with E-state index in [4.69, 9.17) is 4.99 Å². The van der Waals surface area contributed by atoms with Crippen molar-refractivity contribution in [3.63, 3.8) is 0 Å². The lowest BCUT2D eigenvalue weighted by molar-refractivity contribution is 0.194. The maximum absolute atomic E-state index is 4.89. The van der Waals surface area contributed by atoms with Crippen LogP contribution in [0.2, 0.25) is 0 Å². The largest absolute Gasteiger partial charge is 0.357 e. The highest BCUT2D eigenvalue weighted by Gasteiger charge is 2.20. The molecule has 7 nitrogen and oxygen atoms in total. The van der Waals surface area contributed by atoms with Gasteiger partial charge in [-0.2, -0.15) is 0 Å². The Balaban J connectivity index is 1.30. The van der Waals surface area contributed by atoms with Crippen molar-refractivity contribution < 1.29 is 0 Å². The first kappa shape index (κ1) is 20.6. The first-order chi connectivity index (χ1) is 14.8. The van der Waals surface area contributed by atoms with Gasteiger partial charge in [-0.1, -0.05) is 42.5 Å². The Labute approximate surface area is 179 Å². The standard InChI is InChI=1S/C23H33N7/c1-2-24-23(25-19-22-27-26-21-12-6-7-14-30(21)22)29-17-15-28(16-18-29)13-8-11-20-9-4-3-5-10-20/h3-5,8-11H,2,6-7,12-19H2,1H3,(H,24,25)/b11-8+. The Hall–Kier alpha value is -2.67. The second-order valence-corrected chi connectivity index (χ2v) is 7.91. The van der Waals surface area contributed by atoms with Gasteiger partial charge in [0.15, 0.2) is 11.8 Å². The van der Waals surface area contributed by atoms with Crippen LogP contribution in [0.3, 0.4) is 0 Å². The van der Waals surface area contributed by atoms with E-state index in [1.807, 2.05) is 0 Å². The molecule has 0 saturated carbocycles. The van der Waals surface area contributed by atoms with Gasteiger partial charge < -0.3 is 14.8 Å². The number of nitrogens with one attached hydrogen (secondary N) is 1. The molecule has 1 aromatic carbocycles. The van der Waals surface area contributed by atoms with Crippen molar-refractivity contribution in [3.05, 3.63) is 53.6 Å². The summed E-state index contributed by atoms with van der Waals surface area (Å²) in [6.07, 6.45) is 7.94. The lowest BCUT2D eigenvalue weighted by Crippen LogP contribution is -2.52. The summed E-state index contributed by atoms with van der Waals surface area (Å²) in [5.41, 5.74) is 1.26. The van der Waals surface area contributed by atoms with E-state index in [0.29, 0.717) is 6.54 Å². The van der Waals surface area contributed by atoms with Gasteiger partial charge in [-0.3, -0.25) is 4.90 Å². The topological polar surface area (TPSA) is 61.6 Å². The first-order valence-electron chi connectivity index (χ1n) is 11.2. The number of hydrogen-bond acceptors (Lipinski definition) is 4. The van der Waals surface area contributed by atoms with Crippen LogP contribution in [-0.2, 0) is 19.5 Å². The number of aliphatic imine (C=N–C) groups is 1. The lowest BCUT2D eigenvalue weighted by Gasteiger charge is -2.36. The Morgan fingerprint density at radius 2 is 1.90 bits per heavy atom. The third-order valence-electron chi connectivity index (χ3n) is 5.79. The molecule has 1 fully saturated rings. The van der Waals surface area contributed by atoms with Crippen LogP contribution in [0, 0.1) is 0 Å². The number of hydrogen-bond donors (Lipinski definition) is 1. The molecule has 160 valence electrons. The summed E-state index contributed by atoms with van der Waals surface area (Å²) in [7, 11) is 0. The fourth-order valence-corrected chi connectivity index (χ4v) is 4.10. The summed E-state index contributed by atoms with van der Waals surface area (Å²) in [5, 5.41) is 12.2. The molecule has 0 atom stereocenters. The molecule has 0 unspecified atom stereocenters. The Morgan fingerprint density at radius 1 is 1.07 bits per heavy atom. The van der Waals surface area contributed by atoms with E-state index in [1.165, 1.54) is 18.4 Å². The van der Waals surface area contributed by atoms with E-state index < -0.39 is 0 Å². The average Bonchev–Trinajstić information content (AvgIpc) is 3.21. The third-order valence-corrected chi connectivity index (χ3v) is 5.79. The summed E-state index contributed by atoms with van der Waals surface area (Å²) in [5.74, 6) is 3.10. The Bertz CT molecular complexity index is 848. The highest BCUT2D eigenvalue weighted by molar-refractivity contribution is 5.80. The highest BCUT2D eigenvalue weighted by Crippen LogP contribution is 2.15. The number of aromatic nitrogens is 3. The normalized spacial score (nSPS) is 18.0. The fraction of sp³-hybridized carbons (Fsp3) is 0.522. The number of aryl methyl sites for hydroxylation is 1. The highest BCUT2D eigenvalue weighted by atomic mass is 15.4. The summed E-state index contributed by atoms with van der Waals surface area (Å²) in [6.45, 7) is 9.67. The van der Waals surface area contributed by atoms with Gasteiger partial charge in [0.05, 0.1) is 0 Å². The second-order valence-electron chi connectivity index (χ2n) is 7.91. The monoisotopic (exact) mass is 407 g/mol. The van der Waals surface area contributed by atoms with Crippen molar-refractivity contribution in [3.8, 4) is 0 Å². The average molecular weight is 408 g/mol. The van der Waals surface area contributed by atoms with Crippen molar-refractivity contribution in [2.75, 3.05) is 39.3 Å². The molecule has 0 amide bonds. The van der Waals surface area contributed by atoms with Crippen molar-refractivity contribution in [2.24, 2.45) is 4.99 Å². The molecule has 4 rings (SSSR count). The van der Waals surface area contributed by atoms with Gasteiger partial charge in [-0.05, 0) is 25.3 Å². The SMILES string of the molecule is CCNC(=NCc1nnc2n1CCCC2)N1CCN(C/C=C/c2ccccc2)CC1. The molecule has 0 aliphatic carbocycles. The molecule has 1 aromatic heterocycles. The fourth-order valence-electron chi connectivity index (χ4n) is 4.10. The first-order valence-corrected chi connectivity index (χ1v) is 11.2. The molecule has 1 saturated heterocycles. The van der Waals surface area contributed by atoms with Gasteiger partial charge in [0.1, 0.15) is 12.4 Å². The van der Waals surface area contributed by atoms with Crippen molar-refractivity contribution in [2.45, 2.75) is 39.3 Å². The minimum Gasteiger partial charge on any atom is -0.357 e. The number of rotatable bonds is 6. The number of guanidine groups is 1. The number of nitrogens with zero attached hydrogens (tertiary/aromatic N) is 6. The predicted molar refractivity (Wildman–Crippen MR) is 121 cm³/mol. The molecule has 0 spiro atoms. The van der Waals surface area contributed by atoms with Gasteiger partial charge in [-0.25, -0.2) is 4.99 Å². The Kier molecular flexibility index (Phi) is 7.13. The zero-order valence-electron chi connectivity index (χ0n) is 18.0. The number of fused-ring (bicyclic) bond motifs is 1. The van der Waals surface area contributed by atoms with Crippen LogP contribution in [0.5, 0.6) is 0 Å². The van der Waals surface area contributed by atoms with Gasteiger partial charge in [0.25, 0.3) is 0 Å². The molecule has 2 aliphatic rings. The smallest absolute Gasteiger partial charge is 0.194 e. The molecule has 30 heavy (non-hydrogen) atoms. The van der Waals surface area contributed by atoms with Crippen molar-refractivity contribution in [1.82, 2.24) is 29.9 Å². The summed E-state index contributed by atoms with van der Waals surface area (Å²) < 4.78 is 2.26. The molecule has 2 aromatic rings. The van der Waals surface area contributed by atoms with Crippen LogP contribution in [0.4, 0.5) is 0 Å². The summed E-state index contributed by atoms with van der Waals surface area (Å²) in [4.78, 5) is 9.75. The lowest BCUT2D eigenvalue weighted by atomic mass is 10.2. The van der Waals surface area contributed by atoms with E-state index in [1.54, 1.807) is 0 Å². The van der Waals surface area contributed by atoms with Crippen LogP contribution in [0.25, 0.3) is 6.08 Å². The van der Waals surface area contributed by atoms with Crippen LogP contribution in [-0.4, -0.2) is 69.8 Å². The van der Waals surface area contributed by atoms with E-state index in [0.717, 1.165) is 69.8 Å².